The van der Waals surface area contributed by atoms with Gasteiger partial charge < -0.3 is 24.8 Å². The Morgan fingerprint density at radius 1 is 0.921 bits per heavy atom. The van der Waals surface area contributed by atoms with Gasteiger partial charge in [-0.05, 0) is 27.7 Å². The first-order valence-electron chi connectivity index (χ1n) is 12.8. The number of allylic oxidation sites excluding steroid dienone is 4. The van der Waals surface area contributed by atoms with Crippen LogP contribution in [0.2, 0.25) is 0 Å². The van der Waals surface area contributed by atoms with Crippen LogP contribution in [0.4, 0.5) is 0 Å². The van der Waals surface area contributed by atoms with Crippen LogP contribution in [0.25, 0.3) is 16.7 Å². The van der Waals surface area contributed by atoms with Crippen LogP contribution in [-0.2, 0) is 41.5 Å². The summed E-state index contributed by atoms with van der Waals surface area (Å²) in [6.07, 6.45) is 8.60. The molecule has 1 aromatic heterocycles. The maximum atomic E-state index is 3.53. The summed E-state index contributed by atoms with van der Waals surface area (Å²) in [5.74, 6) is 0.493. The Hall–Kier alpha value is -1.05. The number of benzene rings is 2. The van der Waals surface area contributed by atoms with Crippen LogP contribution >= 0.6 is 11.3 Å². The van der Waals surface area contributed by atoms with E-state index in [1.54, 1.807) is 35.6 Å². The number of halogens is 2. The van der Waals surface area contributed by atoms with Crippen LogP contribution < -0.4 is 24.8 Å². The zero-order valence-electron chi connectivity index (χ0n) is 24.2. The third-order valence-electron chi connectivity index (χ3n) is 6.26. The van der Waals surface area contributed by atoms with E-state index in [9.17, 15) is 0 Å². The molecule has 0 nitrogen and oxygen atoms in total. The first-order chi connectivity index (χ1) is 16.8. The van der Waals surface area contributed by atoms with Gasteiger partial charge in [-0.15, -0.1) is 5.56 Å². The first-order valence-corrected chi connectivity index (χ1v) is 14.9. The van der Waals surface area contributed by atoms with Crippen LogP contribution in [0.5, 0.6) is 0 Å². The van der Waals surface area contributed by atoms with Crippen molar-refractivity contribution in [3.63, 3.8) is 0 Å². The minimum absolute atomic E-state index is 0. The summed E-state index contributed by atoms with van der Waals surface area (Å²) < 4.78 is 1.51. The Morgan fingerprint density at radius 2 is 1.53 bits per heavy atom. The van der Waals surface area contributed by atoms with Crippen molar-refractivity contribution in [3.05, 3.63) is 99.3 Å². The summed E-state index contributed by atoms with van der Waals surface area (Å²) in [5.41, 5.74) is 10.1. The molecule has 0 bridgehead atoms. The normalized spacial score (nSPS) is 14.9. The third-order valence-corrected chi connectivity index (χ3v) is 7.18. The van der Waals surface area contributed by atoms with Gasteiger partial charge in [0.05, 0.1) is 0 Å². The minimum atomic E-state index is 0. The predicted octanol–water partition coefficient (Wildman–Crippen LogP) is 3.55. The molecular formula is C34H40Cl2SZr-2. The first kappa shape index (κ1) is 35.0. The van der Waals surface area contributed by atoms with Crippen LogP contribution in [0, 0.1) is 18.1 Å². The second-order valence-electron chi connectivity index (χ2n) is 12.0. The minimum Gasteiger partial charge on any atom is -1.00 e. The van der Waals surface area contributed by atoms with Crippen LogP contribution in [-0.4, -0.2) is 3.21 Å². The molecule has 1 atom stereocenters. The molecule has 3 aromatic rings. The molecule has 0 aliphatic heterocycles. The predicted molar refractivity (Wildman–Crippen MR) is 157 cm³/mol. The topological polar surface area (TPSA) is 0 Å². The van der Waals surface area contributed by atoms with Gasteiger partial charge in [-0.1, -0.05) is 101 Å². The zero-order chi connectivity index (χ0) is 26.7. The van der Waals surface area contributed by atoms with Crippen molar-refractivity contribution in [2.24, 2.45) is 5.92 Å². The monoisotopic (exact) mass is 640 g/mol. The Kier molecular flexibility index (Phi) is 13.4. The van der Waals surface area contributed by atoms with E-state index in [1.807, 2.05) is 0 Å². The number of hydrogen-bond acceptors (Lipinski definition) is 1. The summed E-state index contributed by atoms with van der Waals surface area (Å²) in [7, 11) is 0. The molecule has 1 heterocycles. The van der Waals surface area contributed by atoms with Crippen molar-refractivity contribution in [2.75, 3.05) is 0 Å². The van der Waals surface area contributed by atoms with Gasteiger partial charge in [-0.3, -0.25) is 6.08 Å². The van der Waals surface area contributed by atoms with Gasteiger partial charge in [-0.25, -0.2) is 6.08 Å². The number of hydrogen-bond donors (Lipinski definition) is 0. The van der Waals surface area contributed by atoms with Crippen molar-refractivity contribution in [2.45, 2.75) is 79.6 Å². The number of thiophene rings is 1. The average Bonchev–Trinajstić information content (AvgIpc) is 3.51. The van der Waals surface area contributed by atoms with E-state index in [-0.39, 0.29) is 35.6 Å². The van der Waals surface area contributed by atoms with E-state index in [4.69, 9.17) is 0 Å². The van der Waals surface area contributed by atoms with E-state index in [0.29, 0.717) is 5.92 Å². The largest absolute Gasteiger partial charge is 1.00 e. The molecule has 202 valence electrons. The molecule has 2 aromatic carbocycles. The molecule has 0 spiro atoms. The zero-order valence-corrected chi connectivity index (χ0v) is 29.0. The van der Waals surface area contributed by atoms with Crippen LogP contribution in [0.1, 0.15) is 89.4 Å². The summed E-state index contributed by atoms with van der Waals surface area (Å²) in [5, 5.41) is 2.10. The van der Waals surface area contributed by atoms with Gasteiger partial charge in [0.25, 0.3) is 0 Å². The molecule has 38 heavy (non-hydrogen) atoms. The van der Waals surface area contributed by atoms with Gasteiger partial charge in [0, 0.05) is 0 Å². The smallest absolute Gasteiger partial charge is 1.00 e. The van der Waals surface area contributed by atoms with Crippen molar-refractivity contribution < 1.29 is 49.0 Å². The average molecular weight is 643 g/mol. The summed E-state index contributed by atoms with van der Waals surface area (Å²) in [4.78, 5) is 1.35. The fourth-order valence-electron chi connectivity index (χ4n) is 4.17. The molecule has 0 fully saturated rings. The van der Waals surface area contributed by atoms with E-state index < -0.39 is 0 Å². The van der Waals surface area contributed by atoms with Gasteiger partial charge in [0.1, 0.15) is 0 Å². The Labute approximate surface area is 263 Å². The van der Waals surface area contributed by atoms with E-state index in [0.717, 1.165) is 6.42 Å². The van der Waals surface area contributed by atoms with Gasteiger partial charge in [-0.2, -0.15) is 52.3 Å². The summed E-state index contributed by atoms with van der Waals surface area (Å²) >= 11 is 3.34. The Bertz CT molecular complexity index is 1200. The summed E-state index contributed by atoms with van der Waals surface area (Å²) in [6, 6.07) is 19.3. The Balaban J connectivity index is 0.000000358. The second-order valence-corrected chi connectivity index (χ2v) is 15.4. The molecule has 5 rings (SSSR count). The third kappa shape index (κ3) is 9.55. The van der Waals surface area contributed by atoms with Crippen LogP contribution in [0.15, 0.2) is 60.0 Å². The van der Waals surface area contributed by atoms with Gasteiger partial charge in [0.2, 0.25) is 0 Å². The number of rotatable bonds is 1. The van der Waals surface area contributed by atoms with E-state index >= 15 is 0 Å². The number of fused-ring (bicyclic) bond motifs is 3. The Morgan fingerprint density at radius 3 is 2.03 bits per heavy atom. The molecule has 2 aliphatic carbocycles. The second kappa shape index (κ2) is 14.5. The molecule has 4 heteroatoms. The summed E-state index contributed by atoms with van der Waals surface area (Å²) in [6.45, 7) is 20.0. The van der Waals surface area contributed by atoms with Crippen molar-refractivity contribution in [1.29, 1.82) is 0 Å². The quantitative estimate of drug-likeness (QED) is 0.279. The van der Waals surface area contributed by atoms with Gasteiger partial charge in [0.15, 0.2) is 0 Å². The fourth-order valence-corrected chi connectivity index (χ4v) is 4.89. The molecule has 0 N–H and O–H groups in total. The fraction of sp³-hybridized carbons (Fsp3) is 0.382. The molecule has 1 unspecified atom stereocenters. The maximum Gasteiger partial charge on any atom is -1.00 e. The van der Waals surface area contributed by atoms with E-state index in [1.165, 1.54) is 47.0 Å². The molecule has 0 radical (unpaired) electrons. The molecule has 0 saturated carbocycles. The standard InChI is InChI=1S/C21H25.C10H9S.C3H6.2ClH.Zr/c1-20(2,3)16-9-7-14-11-15-8-10-17(21(4,5)6)13-19(15)18(14)12-16;1-8-4-5-9(7-8)10-3-2-6-11-10;1-3-2;;;/h7,9-10,12-13H,11H2,1-6H3;2-3,5-8H,1H3;1-2H3;2*1H;/q2*-1;;;;+2/p-2. The molecule has 0 amide bonds. The molecular weight excluding hydrogens is 603 g/mol. The van der Waals surface area contributed by atoms with Crippen LogP contribution in [0.3, 0.4) is 0 Å². The van der Waals surface area contributed by atoms with Crippen molar-refractivity contribution >= 4 is 20.1 Å². The maximum absolute atomic E-state index is 3.53. The van der Waals surface area contributed by atoms with Crippen molar-refractivity contribution in [1.82, 2.24) is 0 Å². The SMILES string of the molecule is CC(C)(C)c1c[c-]c2c(c1)-c1cc(C(C)(C)C)ccc1C2.CC1[C-]=CC(c2cccs2)=C1.C[C](C)=[Zr+2].[Cl-].[Cl-]. The van der Waals surface area contributed by atoms with Crippen molar-refractivity contribution in [3.8, 4) is 11.1 Å². The van der Waals surface area contributed by atoms with E-state index in [2.05, 4.69) is 134 Å². The molecule has 0 saturated heterocycles. The van der Waals surface area contributed by atoms with Gasteiger partial charge >= 0.3 is 41.3 Å². The molecule has 2 aliphatic rings.